The van der Waals surface area contributed by atoms with Crippen LogP contribution in [-0.2, 0) is 11.2 Å². The van der Waals surface area contributed by atoms with Gasteiger partial charge < -0.3 is 10.1 Å². The molecule has 1 fully saturated rings. The molecule has 0 bridgehead atoms. The van der Waals surface area contributed by atoms with Crippen LogP contribution < -0.4 is 10.1 Å². The maximum atomic E-state index is 12.4. The molecule has 0 aliphatic carbocycles. The maximum Gasteiger partial charge on any atom is 0.324 e. The van der Waals surface area contributed by atoms with E-state index in [-0.39, 0.29) is 19.1 Å². The van der Waals surface area contributed by atoms with E-state index >= 15 is 0 Å². The molecule has 2 aromatic rings. The van der Waals surface area contributed by atoms with Crippen LogP contribution in [-0.4, -0.2) is 36.0 Å². The lowest BCUT2D eigenvalue weighted by atomic mass is 10.1. The van der Waals surface area contributed by atoms with E-state index in [1.165, 1.54) is 0 Å². The van der Waals surface area contributed by atoms with Gasteiger partial charge in [0, 0.05) is 6.42 Å². The third kappa shape index (κ3) is 4.06. The Labute approximate surface area is 155 Å². The average Bonchev–Trinajstić information content (AvgIpc) is 2.85. The van der Waals surface area contributed by atoms with E-state index in [9.17, 15) is 9.59 Å². The molecule has 0 spiro atoms. The molecular weight excluding hydrogens is 363 g/mol. The number of amides is 3. The van der Waals surface area contributed by atoms with Crippen molar-refractivity contribution in [3.05, 3.63) is 64.1 Å². The molecule has 0 saturated carbocycles. The molecule has 1 aliphatic heterocycles. The third-order valence-corrected chi connectivity index (χ3v) is 4.47. The van der Waals surface area contributed by atoms with Crippen LogP contribution in [0.25, 0.3) is 0 Å². The summed E-state index contributed by atoms with van der Waals surface area (Å²) in [7, 11) is 0. The van der Waals surface area contributed by atoms with Crippen LogP contribution in [0.1, 0.15) is 5.56 Å². The van der Waals surface area contributed by atoms with E-state index in [1.54, 1.807) is 18.2 Å². The molecule has 1 atom stereocenters. The van der Waals surface area contributed by atoms with Gasteiger partial charge in [-0.2, -0.15) is 0 Å². The van der Waals surface area contributed by atoms with Crippen LogP contribution in [0.5, 0.6) is 5.75 Å². The fraction of sp³-hybridized carbons (Fsp3) is 0.222. The minimum atomic E-state index is -0.557. The van der Waals surface area contributed by atoms with Gasteiger partial charge in [-0.1, -0.05) is 59.6 Å². The van der Waals surface area contributed by atoms with Crippen molar-refractivity contribution in [1.29, 1.82) is 0 Å². The number of hydrogen-bond donors (Lipinski definition) is 1. The summed E-state index contributed by atoms with van der Waals surface area (Å²) >= 11 is 12.1. The second kappa shape index (κ2) is 7.76. The Morgan fingerprint density at radius 3 is 2.36 bits per heavy atom. The number of rotatable bonds is 6. The van der Waals surface area contributed by atoms with Crippen molar-refractivity contribution in [2.24, 2.45) is 0 Å². The zero-order valence-electron chi connectivity index (χ0n) is 13.2. The normalized spacial score (nSPS) is 16.9. The predicted molar refractivity (Wildman–Crippen MR) is 96.1 cm³/mol. The second-order valence-corrected chi connectivity index (χ2v) is 6.40. The number of halogens is 2. The fourth-order valence-corrected chi connectivity index (χ4v) is 3.14. The molecule has 5 nitrogen and oxygen atoms in total. The Bertz CT molecular complexity index is 763. The summed E-state index contributed by atoms with van der Waals surface area (Å²) in [5, 5.41) is 3.47. The van der Waals surface area contributed by atoms with Crippen molar-refractivity contribution in [1.82, 2.24) is 10.2 Å². The molecule has 3 rings (SSSR count). The molecule has 1 aliphatic rings. The fourth-order valence-electron chi connectivity index (χ4n) is 2.64. The molecule has 1 N–H and O–H groups in total. The van der Waals surface area contributed by atoms with Gasteiger partial charge in [0.2, 0.25) is 0 Å². The monoisotopic (exact) mass is 378 g/mol. The van der Waals surface area contributed by atoms with Crippen LogP contribution >= 0.6 is 23.2 Å². The predicted octanol–water partition coefficient (Wildman–Crippen LogP) is 3.54. The summed E-state index contributed by atoms with van der Waals surface area (Å²) in [6.45, 7) is 0.234. The highest BCUT2D eigenvalue weighted by Crippen LogP contribution is 2.32. The smallest absolute Gasteiger partial charge is 0.324 e. The van der Waals surface area contributed by atoms with Gasteiger partial charge in [-0.3, -0.25) is 9.69 Å². The maximum absolute atomic E-state index is 12.4. The van der Waals surface area contributed by atoms with E-state index in [4.69, 9.17) is 27.9 Å². The SMILES string of the molecule is O=C1N[C@H](Cc2ccccc2)C(=O)N1CCOc1c(Cl)cccc1Cl. The molecular formula is C18H16Cl2N2O3. The van der Waals surface area contributed by atoms with Crippen LogP contribution in [0.15, 0.2) is 48.5 Å². The van der Waals surface area contributed by atoms with Gasteiger partial charge in [-0.05, 0) is 17.7 Å². The van der Waals surface area contributed by atoms with E-state index in [0.29, 0.717) is 22.2 Å². The van der Waals surface area contributed by atoms with Gasteiger partial charge in [-0.25, -0.2) is 4.79 Å². The minimum Gasteiger partial charge on any atom is -0.489 e. The van der Waals surface area contributed by atoms with Gasteiger partial charge >= 0.3 is 6.03 Å². The molecule has 3 amide bonds. The number of ether oxygens (including phenoxy) is 1. The molecule has 2 aromatic carbocycles. The van der Waals surface area contributed by atoms with Gasteiger partial charge in [0.25, 0.3) is 5.91 Å². The van der Waals surface area contributed by atoms with Crippen LogP contribution in [0, 0.1) is 0 Å². The zero-order valence-corrected chi connectivity index (χ0v) is 14.8. The number of hydrogen-bond acceptors (Lipinski definition) is 3. The Morgan fingerprint density at radius 1 is 1.00 bits per heavy atom. The average molecular weight is 379 g/mol. The zero-order chi connectivity index (χ0) is 17.8. The number of urea groups is 1. The summed E-state index contributed by atoms with van der Waals surface area (Å²) in [6.07, 6.45) is 0.457. The highest BCUT2D eigenvalue weighted by molar-refractivity contribution is 6.37. The standard InChI is InChI=1S/C18H16Cl2N2O3/c19-13-7-4-8-14(20)16(13)25-10-9-22-17(23)15(21-18(22)24)11-12-5-2-1-3-6-12/h1-8,15H,9-11H2,(H,21,24)/t15-/m1/s1. The first-order valence-corrected chi connectivity index (χ1v) is 8.54. The van der Waals surface area contributed by atoms with Crippen LogP contribution in [0.4, 0.5) is 4.79 Å². The van der Waals surface area contributed by atoms with Crippen molar-refractivity contribution < 1.29 is 14.3 Å². The summed E-state index contributed by atoms with van der Waals surface area (Å²) < 4.78 is 5.54. The molecule has 1 saturated heterocycles. The van der Waals surface area contributed by atoms with Crippen molar-refractivity contribution in [2.75, 3.05) is 13.2 Å². The first-order chi connectivity index (χ1) is 12.1. The molecule has 1 heterocycles. The summed E-state index contributed by atoms with van der Waals surface area (Å²) in [5.74, 6) is 0.0847. The van der Waals surface area contributed by atoms with Crippen molar-refractivity contribution in [3.8, 4) is 5.75 Å². The lowest BCUT2D eigenvalue weighted by Crippen LogP contribution is -2.35. The number of nitrogens with one attached hydrogen (secondary N) is 1. The molecule has 7 heteroatoms. The summed E-state index contributed by atoms with van der Waals surface area (Å²) in [4.78, 5) is 25.6. The van der Waals surface area contributed by atoms with E-state index < -0.39 is 12.1 Å². The lowest BCUT2D eigenvalue weighted by Gasteiger charge is -2.15. The van der Waals surface area contributed by atoms with Crippen molar-refractivity contribution >= 4 is 35.1 Å². The summed E-state index contributed by atoms with van der Waals surface area (Å²) in [5.41, 5.74) is 0.988. The Kier molecular flexibility index (Phi) is 5.46. The van der Waals surface area contributed by atoms with Crippen LogP contribution in [0.3, 0.4) is 0 Å². The number of nitrogens with zero attached hydrogens (tertiary/aromatic N) is 1. The first-order valence-electron chi connectivity index (χ1n) is 7.79. The molecule has 25 heavy (non-hydrogen) atoms. The largest absolute Gasteiger partial charge is 0.489 e. The van der Waals surface area contributed by atoms with E-state index in [2.05, 4.69) is 5.32 Å². The Hall–Kier alpha value is -2.24. The number of carbonyl (C=O) groups is 2. The highest BCUT2D eigenvalue weighted by Gasteiger charge is 2.37. The topological polar surface area (TPSA) is 58.6 Å². The molecule has 130 valence electrons. The Balaban J connectivity index is 1.58. The van der Waals surface area contributed by atoms with Crippen molar-refractivity contribution in [2.45, 2.75) is 12.5 Å². The lowest BCUT2D eigenvalue weighted by molar-refractivity contribution is -0.127. The third-order valence-electron chi connectivity index (χ3n) is 3.87. The van der Waals surface area contributed by atoms with Crippen molar-refractivity contribution in [3.63, 3.8) is 0 Å². The number of para-hydroxylation sites is 1. The second-order valence-electron chi connectivity index (χ2n) is 5.58. The molecule has 0 radical (unpaired) electrons. The van der Waals surface area contributed by atoms with Gasteiger partial charge in [0.1, 0.15) is 12.6 Å². The van der Waals surface area contributed by atoms with Gasteiger partial charge in [-0.15, -0.1) is 0 Å². The van der Waals surface area contributed by atoms with Gasteiger partial charge in [0.15, 0.2) is 5.75 Å². The first kappa shape index (κ1) is 17.6. The highest BCUT2D eigenvalue weighted by atomic mass is 35.5. The number of carbonyl (C=O) groups excluding carboxylic acids is 2. The molecule has 0 aromatic heterocycles. The quantitative estimate of drug-likeness (QED) is 0.782. The van der Waals surface area contributed by atoms with E-state index in [0.717, 1.165) is 10.5 Å². The number of imide groups is 1. The summed E-state index contributed by atoms with van der Waals surface area (Å²) in [6, 6.07) is 13.6. The molecule has 0 unspecified atom stereocenters. The number of benzene rings is 2. The van der Waals surface area contributed by atoms with Crippen LogP contribution in [0.2, 0.25) is 10.0 Å². The Morgan fingerprint density at radius 2 is 1.68 bits per heavy atom. The minimum absolute atomic E-state index is 0.112. The van der Waals surface area contributed by atoms with Gasteiger partial charge in [0.05, 0.1) is 16.6 Å². The van der Waals surface area contributed by atoms with E-state index in [1.807, 2.05) is 30.3 Å².